The lowest BCUT2D eigenvalue weighted by molar-refractivity contribution is -0.143. The lowest BCUT2D eigenvalue weighted by Crippen LogP contribution is -2.45. The van der Waals surface area contributed by atoms with Crippen LogP contribution in [0.4, 0.5) is 0 Å². The van der Waals surface area contributed by atoms with Crippen LogP contribution >= 0.6 is 0 Å². The molecule has 0 aliphatic carbocycles. The lowest BCUT2D eigenvalue weighted by atomic mass is 10.0. The Morgan fingerprint density at radius 2 is 0.618 bits per heavy atom. The van der Waals surface area contributed by atoms with Gasteiger partial charge in [-0.15, -0.1) is 0 Å². The zero-order chi connectivity index (χ0) is 55.0. The standard InChI is InChI=1S/C70H133NO5/c1-3-5-7-9-11-13-15-17-19-20-32-36-40-44-48-52-56-60-64-70(75)76-65-61-57-53-49-45-41-37-33-30-28-26-24-22-21-23-25-27-29-31-35-39-43-47-51-55-59-63-69(74)71-67(66-72)68(73)62-58-54-50-46-42-38-34-18-16-14-12-10-8-6-4-2/h19-21,23,58,62,67-68,72-73H,3-18,22,24-57,59-61,63-66H2,1-2H3,(H,71,74)/b20-19-,23-21-,62-58+. The van der Waals surface area contributed by atoms with Crippen molar-refractivity contribution in [3.05, 3.63) is 36.5 Å². The normalized spacial score (nSPS) is 12.7. The van der Waals surface area contributed by atoms with E-state index in [0.717, 1.165) is 44.9 Å². The van der Waals surface area contributed by atoms with Crippen LogP contribution in [0.2, 0.25) is 0 Å². The highest BCUT2D eigenvalue weighted by atomic mass is 16.5. The van der Waals surface area contributed by atoms with E-state index in [-0.39, 0.29) is 18.5 Å². The maximum Gasteiger partial charge on any atom is 0.305 e. The fourth-order valence-corrected chi connectivity index (χ4v) is 10.6. The Balaban J connectivity index is 3.39. The van der Waals surface area contributed by atoms with Crippen molar-refractivity contribution in [2.45, 2.75) is 386 Å². The molecule has 6 heteroatoms. The topological polar surface area (TPSA) is 95.9 Å². The summed E-state index contributed by atoms with van der Waals surface area (Å²) in [6.45, 7) is 4.92. The first-order valence-electron chi connectivity index (χ1n) is 34.3. The number of hydrogen-bond acceptors (Lipinski definition) is 5. The summed E-state index contributed by atoms with van der Waals surface area (Å²) >= 11 is 0. The Hall–Kier alpha value is -1.92. The average Bonchev–Trinajstić information content (AvgIpc) is 3.42. The molecule has 0 rings (SSSR count). The van der Waals surface area contributed by atoms with Gasteiger partial charge in [-0.3, -0.25) is 9.59 Å². The zero-order valence-electron chi connectivity index (χ0n) is 51.3. The van der Waals surface area contributed by atoms with Gasteiger partial charge in [-0.1, -0.05) is 314 Å². The van der Waals surface area contributed by atoms with Gasteiger partial charge < -0.3 is 20.3 Å². The van der Waals surface area contributed by atoms with E-state index < -0.39 is 12.1 Å². The number of nitrogens with one attached hydrogen (secondary N) is 1. The van der Waals surface area contributed by atoms with Crippen molar-refractivity contribution in [1.29, 1.82) is 0 Å². The molecular formula is C70H133NO5. The summed E-state index contributed by atoms with van der Waals surface area (Å²) in [7, 11) is 0. The van der Waals surface area contributed by atoms with Crippen molar-refractivity contribution in [3.63, 3.8) is 0 Å². The quantitative estimate of drug-likeness (QED) is 0.0320. The highest BCUT2D eigenvalue weighted by molar-refractivity contribution is 5.76. The Morgan fingerprint density at radius 3 is 0.934 bits per heavy atom. The summed E-state index contributed by atoms with van der Waals surface area (Å²) in [6, 6.07) is -0.629. The van der Waals surface area contributed by atoms with E-state index in [2.05, 4.69) is 43.5 Å². The molecule has 0 aromatic rings. The Labute approximate surface area is 474 Å². The van der Waals surface area contributed by atoms with Crippen LogP contribution in [0.15, 0.2) is 36.5 Å². The summed E-state index contributed by atoms with van der Waals surface area (Å²) in [4.78, 5) is 24.6. The van der Waals surface area contributed by atoms with Crippen LogP contribution in [-0.2, 0) is 14.3 Å². The van der Waals surface area contributed by atoms with E-state index in [4.69, 9.17) is 4.74 Å². The van der Waals surface area contributed by atoms with Gasteiger partial charge in [0.05, 0.1) is 25.4 Å². The van der Waals surface area contributed by atoms with Gasteiger partial charge >= 0.3 is 5.97 Å². The average molecular weight is 1070 g/mol. The molecule has 76 heavy (non-hydrogen) atoms. The number of aliphatic hydroxyl groups excluding tert-OH is 2. The third-order valence-electron chi connectivity index (χ3n) is 15.9. The number of amides is 1. The SMILES string of the molecule is CCCCCCCCC/C=C\CCCCCCCCCC(=O)OCCCCCCCCCCCCCC/C=C\CCCCCCCCCCCCC(=O)NC(CO)C(O)/C=C/CCCCCCCCCCCCCCC. The van der Waals surface area contributed by atoms with Crippen LogP contribution in [0, 0.1) is 0 Å². The number of rotatable bonds is 64. The van der Waals surface area contributed by atoms with Crippen LogP contribution in [0.5, 0.6) is 0 Å². The number of esters is 1. The van der Waals surface area contributed by atoms with Crippen LogP contribution in [0.25, 0.3) is 0 Å². The lowest BCUT2D eigenvalue weighted by Gasteiger charge is -2.20. The molecule has 6 nitrogen and oxygen atoms in total. The molecule has 448 valence electrons. The molecule has 3 N–H and O–H groups in total. The summed E-state index contributed by atoms with van der Waals surface area (Å²) in [5, 5.41) is 23.1. The van der Waals surface area contributed by atoms with Crippen LogP contribution < -0.4 is 5.32 Å². The molecular weight excluding hydrogens is 935 g/mol. The number of aliphatic hydroxyl groups is 2. The largest absolute Gasteiger partial charge is 0.466 e. The summed E-state index contributed by atoms with van der Waals surface area (Å²) in [5.74, 6) is -0.0568. The minimum absolute atomic E-state index is 0.0113. The van der Waals surface area contributed by atoms with E-state index in [9.17, 15) is 19.8 Å². The molecule has 0 saturated carbocycles. The van der Waals surface area contributed by atoms with E-state index in [1.54, 1.807) is 6.08 Å². The fourth-order valence-electron chi connectivity index (χ4n) is 10.6. The summed E-state index contributed by atoms with van der Waals surface area (Å²) in [5.41, 5.74) is 0. The zero-order valence-corrected chi connectivity index (χ0v) is 51.3. The van der Waals surface area contributed by atoms with E-state index in [1.165, 1.54) is 302 Å². The van der Waals surface area contributed by atoms with Gasteiger partial charge in [0.15, 0.2) is 0 Å². The molecule has 0 heterocycles. The molecule has 0 aliphatic rings. The minimum atomic E-state index is -0.846. The van der Waals surface area contributed by atoms with Crippen molar-refractivity contribution in [2.75, 3.05) is 13.2 Å². The number of carbonyl (C=O) groups excluding carboxylic acids is 2. The molecule has 0 saturated heterocycles. The van der Waals surface area contributed by atoms with Crippen LogP contribution in [0.1, 0.15) is 373 Å². The molecule has 0 aliphatic heterocycles. The van der Waals surface area contributed by atoms with Gasteiger partial charge in [-0.05, 0) is 83.5 Å². The first-order chi connectivity index (χ1) is 37.5. The predicted molar refractivity (Wildman–Crippen MR) is 333 cm³/mol. The number of hydrogen-bond donors (Lipinski definition) is 3. The highest BCUT2D eigenvalue weighted by Gasteiger charge is 2.18. The van der Waals surface area contributed by atoms with Crippen molar-refractivity contribution < 1.29 is 24.5 Å². The Bertz CT molecular complexity index is 1230. The van der Waals surface area contributed by atoms with Crippen LogP contribution in [-0.4, -0.2) is 47.4 Å². The Morgan fingerprint density at radius 1 is 0.355 bits per heavy atom. The van der Waals surface area contributed by atoms with Crippen molar-refractivity contribution >= 4 is 11.9 Å². The summed E-state index contributed by atoms with van der Waals surface area (Å²) < 4.78 is 5.50. The van der Waals surface area contributed by atoms with Gasteiger partial charge in [0.25, 0.3) is 0 Å². The second-order valence-corrected chi connectivity index (χ2v) is 23.5. The van der Waals surface area contributed by atoms with Gasteiger partial charge in [-0.2, -0.15) is 0 Å². The van der Waals surface area contributed by atoms with Gasteiger partial charge in [0.1, 0.15) is 0 Å². The molecule has 0 aromatic heterocycles. The molecule has 0 bridgehead atoms. The third-order valence-corrected chi connectivity index (χ3v) is 15.9. The highest BCUT2D eigenvalue weighted by Crippen LogP contribution is 2.18. The van der Waals surface area contributed by atoms with E-state index in [0.29, 0.717) is 19.4 Å². The molecule has 1 amide bonds. The number of allylic oxidation sites excluding steroid dienone is 5. The maximum atomic E-state index is 12.5. The van der Waals surface area contributed by atoms with Gasteiger partial charge in [0.2, 0.25) is 5.91 Å². The predicted octanol–water partition coefficient (Wildman–Crippen LogP) is 21.9. The molecule has 2 atom stereocenters. The fraction of sp³-hybridized carbons (Fsp3) is 0.886. The molecule has 0 fully saturated rings. The monoisotopic (exact) mass is 1070 g/mol. The summed E-state index contributed by atoms with van der Waals surface area (Å²) in [6.07, 6.45) is 83.5. The van der Waals surface area contributed by atoms with Gasteiger partial charge in [0, 0.05) is 12.8 Å². The first-order valence-corrected chi connectivity index (χ1v) is 34.3. The smallest absolute Gasteiger partial charge is 0.305 e. The minimum Gasteiger partial charge on any atom is -0.466 e. The number of carbonyl (C=O) groups is 2. The molecule has 0 spiro atoms. The molecule has 0 aromatic carbocycles. The van der Waals surface area contributed by atoms with E-state index in [1.807, 2.05) is 6.08 Å². The third kappa shape index (κ3) is 61.3. The number of ether oxygens (including phenoxy) is 1. The van der Waals surface area contributed by atoms with E-state index >= 15 is 0 Å². The van der Waals surface area contributed by atoms with Crippen molar-refractivity contribution in [3.8, 4) is 0 Å². The number of unbranched alkanes of at least 4 members (excludes halogenated alkanes) is 49. The van der Waals surface area contributed by atoms with Crippen molar-refractivity contribution in [1.82, 2.24) is 5.32 Å². The molecule has 2 unspecified atom stereocenters. The van der Waals surface area contributed by atoms with Crippen LogP contribution in [0.3, 0.4) is 0 Å². The first kappa shape index (κ1) is 74.1. The van der Waals surface area contributed by atoms with Crippen molar-refractivity contribution in [2.24, 2.45) is 0 Å². The second-order valence-electron chi connectivity index (χ2n) is 23.5. The van der Waals surface area contributed by atoms with Gasteiger partial charge in [-0.25, -0.2) is 0 Å². The molecule has 0 radical (unpaired) electrons. The maximum absolute atomic E-state index is 12.5. The second kappa shape index (κ2) is 65.6. The Kier molecular flexibility index (Phi) is 63.9.